The standard InChI is InChI=1S/C15H13N.C11H15Br.C7H8/c1-10-11-6-2-3-7-12(11)13-8-4-5-9-14(13)15(10)16;1-3-9(2)8-10-4-6-11(12)7-5-10;1-7-5-3-2-4-6-7/h2-9H,16H2,1H3;4-7,9H,3,8H2,1-2H3;2-6H,1H3. The predicted octanol–water partition coefficient (Wildman–Crippen LogP) is 9.92. The van der Waals surface area contributed by atoms with Gasteiger partial charge in [-0.2, -0.15) is 0 Å². The molecule has 35 heavy (non-hydrogen) atoms. The van der Waals surface area contributed by atoms with E-state index in [0.29, 0.717) is 0 Å². The Bertz CT molecular complexity index is 1280. The number of rotatable bonds is 3. The number of aryl methyl sites for hydroxylation is 2. The van der Waals surface area contributed by atoms with Crippen LogP contribution in [0.2, 0.25) is 0 Å². The molecule has 0 aromatic heterocycles. The normalized spacial score (nSPS) is 11.2. The van der Waals surface area contributed by atoms with Crippen molar-refractivity contribution in [2.24, 2.45) is 5.92 Å². The number of halogens is 1. The Kier molecular flexibility index (Phi) is 9.93. The van der Waals surface area contributed by atoms with Crippen LogP contribution in [-0.4, -0.2) is 0 Å². The second-order valence-corrected chi connectivity index (χ2v) is 10.0. The maximum absolute atomic E-state index is 6.18. The van der Waals surface area contributed by atoms with Crippen molar-refractivity contribution in [3.8, 4) is 0 Å². The molecule has 1 unspecified atom stereocenters. The highest BCUT2D eigenvalue weighted by molar-refractivity contribution is 9.10. The highest BCUT2D eigenvalue weighted by atomic mass is 79.9. The van der Waals surface area contributed by atoms with Gasteiger partial charge in [-0.05, 0) is 65.6 Å². The Labute approximate surface area is 219 Å². The summed E-state index contributed by atoms with van der Waals surface area (Å²) < 4.78 is 1.16. The molecule has 5 rings (SSSR count). The van der Waals surface area contributed by atoms with E-state index in [9.17, 15) is 0 Å². The van der Waals surface area contributed by atoms with Crippen LogP contribution in [0.15, 0.2) is 108 Å². The number of hydrogen-bond acceptors (Lipinski definition) is 1. The lowest BCUT2D eigenvalue weighted by Crippen LogP contribution is -1.96. The lowest BCUT2D eigenvalue weighted by molar-refractivity contribution is 0.560. The average Bonchev–Trinajstić information content (AvgIpc) is 2.90. The molecule has 1 atom stereocenters. The van der Waals surface area contributed by atoms with E-state index in [1.54, 1.807) is 0 Å². The van der Waals surface area contributed by atoms with Crippen molar-refractivity contribution in [1.29, 1.82) is 0 Å². The number of benzene rings is 5. The number of anilines is 1. The van der Waals surface area contributed by atoms with Crippen LogP contribution in [0.3, 0.4) is 0 Å². The van der Waals surface area contributed by atoms with E-state index in [0.717, 1.165) is 21.5 Å². The maximum atomic E-state index is 6.18. The van der Waals surface area contributed by atoms with Crippen molar-refractivity contribution in [2.75, 3.05) is 5.73 Å². The number of hydrogen-bond donors (Lipinski definition) is 1. The molecular weight excluding hydrogens is 490 g/mol. The third-order valence-electron chi connectivity index (χ3n) is 6.38. The third kappa shape index (κ3) is 7.44. The molecule has 5 aromatic carbocycles. The number of fused-ring (bicyclic) bond motifs is 3. The summed E-state index contributed by atoms with van der Waals surface area (Å²) in [4.78, 5) is 0. The quantitative estimate of drug-likeness (QED) is 0.184. The smallest absolute Gasteiger partial charge is 0.0429 e. The summed E-state index contributed by atoms with van der Waals surface area (Å²) in [6, 6.07) is 35.6. The van der Waals surface area contributed by atoms with Gasteiger partial charge in [-0.25, -0.2) is 0 Å². The zero-order valence-electron chi connectivity index (χ0n) is 21.3. The van der Waals surface area contributed by atoms with Gasteiger partial charge in [0.25, 0.3) is 0 Å². The molecule has 0 saturated carbocycles. The van der Waals surface area contributed by atoms with Crippen LogP contribution in [0.4, 0.5) is 5.69 Å². The summed E-state index contributed by atoms with van der Waals surface area (Å²) in [6.45, 7) is 8.70. The summed E-state index contributed by atoms with van der Waals surface area (Å²) >= 11 is 3.43. The fraction of sp³-hybridized carbons (Fsp3) is 0.212. The Morgan fingerprint density at radius 3 is 1.66 bits per heavy atom. The highest BCUT2D eigenvalue weighted by Crippen LogP contribution is 2.33. The molecular formula is C33H36BrN. The summed E-state index contributed by atoms with van der Waals surface area (Å²) in [7, 11) is 0. The predicted molar refractivity (Wildman–Crippen MR) is 159 cm³/mol. The van der Waals surface area contributed by atoms with Crippen LogP contribution in [-0.2, 0) is 6.42 Å². The zero-order valence-corrected chi connectivity index (χ0v) is 22.8. The first-order valence-corrected chi connectivity index (χ1v) is 13.1. The first-order valence-electron chi connectivity index (χ1n) is 12.3. The molecule has 180 valence electrons. The first-order chi connectivity index (χ1) is 16.9. The Morgan fingerprint density at radius 1 is 0.657 bits per heavy atom. The van der Waals surface area contributed by atoms with Gasteiger partial charge < -0.3 is 5.73 Å². The molecule has 5 aromatic rings. The van der Waals surface area contributed by atoms with Gasteiger partial charge in [0.1, 0.15) is 0 Å². The number of nitrogen functional groups attached to an aromatic ring is 1. The molecule has 0 heterocycles. The lowest BCUT2D eigenvalue weighted by Gasteiger charge is -2.11. The molecule has 0 aliphatic carbocycles. The van der Waals surface area contributed by atoms with Gasteiger partial charge in [-0.1, -0.05) is 133 Å². The van der Waals surface area contributed by atoms with Gasteiger partial charge in [0, 0.05) is 15.5 Å². The number of nitrogens with two attached hydrogens (primary N) is 1. The van der Waals surface area contributed by atoms with E-state index < -0.39 is 0 Å². The second kappa shape index (κ2) is 13.1. The molecule has 1 nitrogen and oxygen atoms in total. The first kappa shape index (κ1) is 26.5. The van der Waals surface area contributed by atoms with Crippen molar-refractivity contribution >= 4 is 43.2 Å². The van der Waals surface area contributed by atoms with E-state index >= 15 is 0 Å². The van der Waals surface area contributed by atoms with E-state index in [-0.39, 0.29) is 0 Å². The van der Waals surface area contributed by atoms with Crippen LogP contribution in [0.25, 0.3) is 21.5 Å². The van der Waals surface area contributed by atoms with Crippen molar-refractivity contribution in [1.82, 2.24) is 0 Å². The van der Waals surface area contributed by atoms with E-state index in [2.05, 4.69) is 122 Å². The van der Waals surface area contributed by atoms with Crippen molar-refractivity contribution < 1.29 is 0 Å². The second-order valence-electron chi connectivity index (χ2n) is 9.13. The van der Waals surface area contributed by atoms with Crippen molar-refractivity contribution in [2.45, 2.75) is 40.5 Å². The summed E-state index contributed by atoms with van der Waals surface area (Å²) in [5.74, 6) is 0.797. The zero-order chi connectivity index (χ0) is 25.2. The molecule has 0 spiro atoms. The fourth-order valence-electron chi connectivity index (χ4n) is 4.05. The van der Waals surface area contributed by atoms with E-state index in [1.807, 2.05) is 24.3 Å². The minimum Gasteiger partial charge on any atom is -0.398 e. The van der Waals surface area contributed by atoms with E-state index in [4.69, 9.17) is 5.73 Å². The SMILES string of the molecule is CCC(C)Cc1ccc(Br)cc1.Cc1c(N)c2ccccc2c2ccccc12.Cc1ccccc1. The molecule has 0 radical (unpaired) electrons. The van der Waals surface area contributed by atoms with E-state index in [1.165, 1.54) is 45.7 Å². The fourth-order valence-corrected chi connectivity index (χ4v) is 4.31. The van der Waals surface area contributed by atoms with Crippen molar-refractivity contribution in [3.63, 3.8) is 0 Å². The Hall–Kier alpha value is -3.10. The summed E-state index contributed by atoms with van der Waals surface area (Å²) in [5.41, 5.74) is 11.0. The van der Waals surface area contributed by atoms with Crippen LogP contribution in [0.5, 0.6) is 0 Å². The lowest BCUT2D eigenvalue weighted by atomic mass is 9.96. The van der Waals surface area contributed by atoms with Gasteiger partial charge >= 0.3 is 0 Å². The highest BCUT2D eigenvalue weighted by Gasteiger charge is 2.07. The average molecular weight is 527 g/mol. The molecule has 0 aliphatic rings. The Morgan fingerprint density at radius 2 is 1.14 bits per heavy atom. The molecule has 0 aliphatic heterocycles. The van der Waals surface area contributed by atoms with Gasteiger partial charge in [0.15, 0.2) is 0 Å². The Balaban J connectivity index is 0.000000159. The van der Waals surface area contributed by atoms with Gasteiger partial charge in [0.2, 0.25) is 0 Å². The third-order valence-corrected chi connectivity index (χ3v) is 6.91. The molecule has 2 N–H and O–H groups in total. The van der Waals surface area contributed by atoms with Gasteiger partial charge in [-0.15, -0.1) is 0 Å². The monoisotopic (exact) mass is 525 g/mol. The van der Waals surface area contributed by atoms with Crippen LogP contribution in [0.1, 0.15) is 37.0 Å². The molecule has 0 saturated heterocycles. The minimum absolute atomic E-state index is 0.797. The van der Waals surface area contributed by atoms with Gasteiger partial charge in [0.05, 0.1) is 0 Å². The molecule has 0 amide bonds. The van der Waals surface area contributed by atoms with Crippen LogP contribution < -0.4 is 5.73 Å². The van der Waals surface area contributed by atoms with Crippen molar-refractivity contribution in [3.05, 3.63) is 124 Å². The molecule has 0 fully saturated rings. The van der Waals surface area contributed by atoms with Gasteiger partial charge in [-0.3, -0.25) is 0 Å². The summed E-state index contributed by atoms with van der Waals surface area (Å²) in [6.07, 6.45) is 2.46. The van der Waals surface area contributed by atoms with Crippen LogP contribution >= 0.6 is 15.9 Å². The maximum Gasteiger partial charge on any atom is 0.0429 e. The molecule has 0 bridgehead atoms. The largest absolute Gasteiger partial charge is 0.398 e. The minimum atomic E-state index is 0.797. The topological polar surface area (TPSA) is 26.0 Å². The molecule has 2 heteroatoms. The van der Waals surface area contributed by atoms with Crippen LogP contribution in [0, 0.1) is 19.8 Å². The summed E-state index contributed by atoms with van der Waals surface area (Å²) in [5, 5.41) is 4.92.